The lowest BCUT2D eigenvalue weighted by atomic mass is 9.68. The van der Waals surface area contributed by atoms with Crippen LogP contribution in [0.15, 0.2) is 0 Å². The fourth-order valence-electron chi connectivity index (χ4n) is 4.99. The Morgan fingerprint density at radius 3 is 2.11 bits per heavy atom. The molecule has 2 heteroatoms. The normalized spacial score (nSPS) is 39.5. The first-order valence-electron chi connectivity index (χ1n) is 8.22. The Morgan fingerprint density at radius 1 is 0.947 bits per heavy atom. The summed E-state index contributed by atoms with van der Waals surface area (Å²) >= 11 is 0. The predicted octanol–water partition coefficient (Wildman–Crippen LogP) is 4.34. The molecule has 2 rings (SSSR count). The summed E-state index contributed by atoms with van der Waals surface area (Å²) in [6, 6.07) is 0. The van der Waals surface area contributed by atoms with Crippen molar-refractivity contribution < 1.29 is 9.47 Å². The minimum absolute atomic E-state index is 0.0420. The van der Waals surface area contributed by atoms with Crippen molar-refractivity contribution in [1.29, 1.82) is 0 Å². The zero-order chi connectivity index (χ0) is 14.2. The van der Waals surface area contributed by atoms with Gasteiger partial charge >= 0.3 is 0 Å². The highest BCUT2D eigenvalue weighted by Crippen LogP contribution is 2.58. The number of hydrogen-bond donors (Lipinski definition) is 0. The van der Waals surface area contributed by atoms with Gasteiger partial charge in [-0.1, -0.05) is 27.7 Å². The minimum Gasteiger partial charge on any atom is -0.353 e. The van der Waals surface area contributed by atoms with E-state index in [1.165, 1.54) is 12.8 Å². The van der Waals surface area contributed by atoms with E-state index in [4.69, 9.17) is 9.47 Å². The van der Waals surface area contributed by atoms with Gasteiger partial charge in [-0.05, 0) is 62.2 Å². The molecule has 6 atom stereocenters. The van der Waals surface area contributed by atoms with E-state index in [9.17, 15) is 0 Å². The van der Waals surface area contributed by atoms with Crippen molar-refractivity contribution in [2.24, 2.45) is 35.5 Å². The van der Waals surface area contributed by atoms with Crippen LogP contribution in [-0.2, 0) is 9.47 Å². The van der Waals surface area contributed by atoms with Crippen LogP contribution in [0.1, 0.15) is 54.4 Å². The van der Waals surface area contributed by atoms with Gasteiger partial charge in [0.25, 0.3) is 0 Å². The van der Waals surface area contributed by atoms with E-state index in [1.807, 2.05) is 13.8 Å². The van der Waals surface area contributed by atoms with E-state index in [2.05, 4.69) is 27.7 Å². The van der Waals surface area contributed by atoms with Crippen LogP contribution in [0.2, 0.25) is 0 Å². The molecule has 0 aromatic heterocycles. The topological polar surface area (TPSA) is 18.5 Å². The summed E-state index contributed by atoms with van der Waals surface area (Å²) in [6.07, 6.45) is 3.04. The molecule has 0 aromatic rings. The average molecular weight is 268 g/mol. The summed E-state index contributed by atoms with van der Waals surface area (Å²) < 4.78 is 11.7. The van der Waals surface area contributed by atoms with Gasteiger partial charge < -0.3 is 9.47 Å². The summed E-state index contributed by atoms with van der Waals surface area (Å²) in [5.41, 5.74) is 0. The van der Waals surface area contributed by atoms with Crippen LogP contribution >= 0.6 is 0 Å². The molecular formula is C17H32O2. The van der Waals surface area contributed by atoms with Crippen LogP contribution in [0.3, 0.4) is 0 Å². The highest BCUT2D eigenvalue weighted by atomic mass is 16.7. The molecule has 2 aliphatic rings. The molecule has 112 valence electrons. The first kappa shape index (κ1) is 15.3. The summed E-state index contributed by atoms with van der Waals surface area (Å²) in [4.78, 5) is 0. The Balaban J connectivity index is 2.02. The van der Waals surface area contributed by atoms with Crippen molar-refractivity contribution in [2.45, 2.75) is 66.8 Å². The Kier molecular flexibility index (Phi) is 4.94. The molecule has 2 nitrogen and oxygen atoms in total. The Bertz CT molecular complexity index is 287. The maximum Gasteiger partial charge on any atom is 0.155 e. The Morgan fingerprint density at radius 2 is 1.58 bits per heavy atom. The molecule has 0 aliphatic heterocycles. The van der Waals surface area contributed by atoms with Crippen LogP contribution in [0.25, 0.3) is 0 Å². The van der Waals surface area contributed by atoms with Gasteiger partial charge in [0.2, 0.25) is 0 Å². The van der Waals surface area contributed by atoms with E-state index in [-0.39, 0.29) is 6.29 Å². The van der Waals surface area contributed by atoms with E-state index in [1.54, 1.807) is 0 Å². The SMILES string of the molecule is CCOC(C)OC1CC2CC1C(C(C)C)C2C(C)C. The maximum absolute atomic E-state index is 6.17. The molecule has 2 saturated carbocycles. The highest BCUT2D eigenvalue weighted by Gasteiger charge is 2.54. The molecule has 0 aromatic carbocycles. The molecule has 2 fully saturated rings. The van der Waals surface area contributed by atoms with Crippen molar-refractivity contribution in [3.05, 3.63) is 0 Å². The zero-order valence-electron chi connectivity index (χ0n) is 13.6. The van der Waals surface area contributed by atoms with Crippen molar-refractivity contribution in [2.75, 3.05) is 6.61 Å². The second-order valence-electron chi connectivity index (χ2n) is 7.24. The third-order valence-corrected chi connectivity index (χ3v) is 5.38. The Labute approximate surface area is 119 Å². The van der Waals surface area contributed by atoms with Crippen molar-refractivity contribution in [3.8, 4) is 0 Å². The quantitative estimate of drug-likeness (QED) is 0.667. The second kappa shape index (κ2) is 6.13. The lowest BCUT2D eigenvalue weighted by molar-refractivity contribution is -0.178. The molecule has 0 spiro atoms. The summed E-state index contributed by atoms with van der Waals surface area (Å²) in [5.74, 6) is 4.99. The maximum atomic E-state index is 6.17. The van der Waals surface area contributed by atoms with Gasteiger partial charge in [0, 0.05) is 6.61 Å². The number of rotatable bonds is 6. The number of hydrogen-bond acceptors (Lipinski definition) is 2. The van der Waals surface area contributed by atoms with Gasteiger partial charge in [-0.15, -0.1) is 0 Å². The molecule has 2 aliphatic carbocycles. The van der Waals surface area contributed by atoms with Crippen LogP contribution in [-0.4, -0.2) is 19.0 Å². The number of ether oxygens (including phenoxy) is 2. The molecule has 0 amide bonds. The van der Waals surface area contributed by atoms with Crippen molar-refractivity contribution >= 4 is 0 Å². The molecule has 0 saturated heterocycles. The van der Waals surface area contributed by atoms with Gasteiger partial charge in [0.05, 0.1) is 6.10 Å². The molecule has 19 heavy (non-hydrogen) atoms. The van der Waals surface area contributed by atoms with Crippen LogP contribution in [0, 0.1) is 35.5 Å². The molecular weight excluding hydrogens is 236 g/mol. The standard InChI is InChI=1S/C17H32O2/c1-7-18-12(6)19-15-9-13-8-14(15)17(11(4)5)16(13)10(2)3/h10-17H,7-9H2,1-6H3. The fourth-order valence-corrected chi connectivity index (χ4v) is 4.99. The lowest BCUT2D eigenvalue weighted by Gasteiger charge is -2.40. The lowest BCUT2D eigenvalue weighted by Crippen LogP contribution is -2.39. The smallest absolute Gasteiger partial charge is 0.155 e. The van der Waals surface area contributed by atoms with Crippen molar-refractivity contribution in [1.82, 2.24) is 0 Å². The highest BCUT2D eigenvalue weighted by molar-refractivity contribution is 5.03. The summed E-state index contributed by atoms with van der Waals surface area (Å²) in [6.45, 7) is 14.4. The largest absolute Gasteiger partial charge is 0.353 e. The first-order chi connectivity index (χ1) is 8.95. The minimum atomic E-state index is -0.0420. The molecule has 0 radical (unpaired) electrons. The van der Waals surface area contributed by atoms with Gasteiger partial charge in [-0.3, -0.25) is 0 Å². The summed E-state index contributed by atoms with van der Waals surface area (Å²) in [7, 11) is 0. The molecule has 2 bridgehead atoms. The van der Waals surface area contributed by atoms with E-state index < -0.39 is 0 Å². The monoisotopic (exact) mass is 268 g/mol. The van der Waals surface area contributed by atoms with Crippen LogP contribution in [0.5, 0.6) is 0 Å². The molecule has 0 heterocycles. The Hall–Kier alpha value is -0.0800. The molecule has 6 unspecified atom stereocenters. The third-order valence-electron chi connectivity index (χ3n) is 5.38. The van der Waals surface area contributed by atoms with Gasteiger partial charge in [-0.25, -0.2) is 0 Å². The van der Waals surface area contributed by atoms with Crippen molar-refractivity contribution in [3.63, 3.8) is 0 Å². The average Bonchev–Trinajstić information content (AvgIpc) is 2.85. The van der Waals surface area contributed by atoms with Gasteiger partial charge in [-0.2, -0.15) is 0 Å². The zero-order valence-corrected chi connectivity index (χ0v) is 13.6. The summed E-state index contributed by atoms with van der Waals surface area (Å²) in [5, 5.41) is 0. The predicted molar refractivity (Wildman–Crippen MR) is 78.8 cm³/mol. The molecule has 0 N–H and O–H groups in total. The number of fused-ring (bicyclic) bond motifs is 2. The van der Waals surface area contributed by atoms with Crippen LogP contribution < -0.4 is 0 Å². The van der Waals surface area contributed by atoms with E-state index in [0.717, 1.165) is 42.1 Å². The van der Waals surface area contributed by atoms with Crippen LogP contribution in [0.4, 0.5) is 0 Å². The van der Waals surface area contributed by atoms with Gasteiger partial charge in [0.1, 0.15) is 0 Å². The second-order valence-corrected chi connectivity index (χ2v) is 7.24. The van der Waals surface area contributed by atoms with E-state index >= 15 is 0 Å². The first-order valence-corrected chi connectivity index (χ1v) is 8.22. The third kappa shape index (κ3) is 3.00. The van der Waals surface area contributed by atoms with Gasteiger partial charge in [0.15, 0.2) is 6.29 Å². The fraction of sp³-hybridized carbons (Fsp3) is 1.00. The van der Waals surface area contributed by atoms with E-state index in [0.29, 0.717) is 6.10 Å².